The first-order chi connectivity index (χ1) is 8.24. The van der Waals surface area contributed by atoms with Gasteiger partial charge in [0.2, 0.25) is 5.91 Å². The van der Waals surface area contributed by atoms with E-state index in [1.807, 2.05) is 11.0 Å². The van der Waals surface area contributed by atoms with Crippen molar-refractivity contribution in [3.05, 3.63) is 12.7 Å². The second kappa shape index (κ2) is 7.49. The van der Waals surface area contributed by atoms with Crippen molar-refractivity contribution in [1.82, 2.24) is 4.90 Å². The molecule has 0 saturated heterocycles. The van der Waals surface area contributed by atoms with Crippen LogP contribution in [-0.2, 0) is 4.79 Å². The molecule has 0 aromatic carbocycles. The van der Waals surface area contributed by atoms with Crippen LogP contribution in [0.1, 0.15) is 45.4 Å². The number of rotatable bonds is 7. The molecule has 17 heavy (non-hydrogen) atoms. The van der Waals surface area contributed by atoms with Gasteiger partial charge in [-0.25, -0.2) is 0 Å². The van der Waals surface area contributed by atoms with Crippen molar-refractivity contribution in [2.75, 3.05) is 13.1 Å². The van der Waals surface area contributed by atoms with E-state index in [1.54, 1.807) is 0 Å². The van der Waals surface area contributed by atoms with Crippen LogP contribution in [0.2, 0.25) is 0 Å². The summed E-state index contributed by atoms with van der Waals surface area (Å²) < 4.78 is 0. The molecule has 1 fully saturated rings. The van der Waals surface area contributed by atoms with Crippen LogP contribution in [0.5, 0.6) is 0 Å². The number of carbonyl (C=O) groups is 1. The van der Waals surface area contributed by atoms with Crippen molar-refractivity contribution < 1.29 is 4.79 Å². The Hall–Kier alpha value is -0.830. The maximum atomic E-state index is 12.4. The monoisotopic (exact) mass is 238 g/mol. The first kappa shape index (κ1) is 14.2. The minimum atomic E-state index is 0.000509. The zero-order valence-corrected chi connectivity index (χ0v) is 11.0. The lowest BCUT2D eigenvalue weighted by atomic mass is 10.0. The number of hydrogen-bond acceptors (Lipinski definition) is 2. The van der Waals surface area contributed by atoms with Crippen LogP contribution in [0.4, 0.5) is 0 Å². The Morgan fingerprint density at radius 1 is 1.53 bits per heavy atom. The molecule has 3 heteroatoms. The highest BCUT2D eigenvalue weighted by molar-refractivity contribution is 5.79. The number of amides is 1. The molecule has 1 aliphatic carbocycles. The van der Waals surface area contributed by atoms with Gasteiger partial charge in [0.25, 0.3) is 0 Å². The van der Waals surface area contributed by atoms with Gasteiger partial charge in [0.1, 0.15) is 0 Å². The van der Waals surface area contributed by atoms with E-state index in [1.165, 1.54) is 12.8 Å². The first-order valence-corrected chi connectivity index (χ1v) is 6.86. The quantitative estimate of drug-likeness (QED) is 0.692. The molecule has 1 unspecified atom stereocenters. The molecule has 0 heterocycles. The molecule has 0 aromatic rings. The van der Waals surface area contributed by atoms with Crippen LogP contribution in [0, 0.1) is 5.92 Å². The molecule has 1 aliphatic rings. The smallest absolute Gasteiger partial charge is 0.227 e. The van der Waals surface area contributed by atoms with E-state index in [0.717, 1.165) is 25.7 Å². The van der Waals surface area contributed by atoms with Crippen LogP contribution in [-0.4, -0.2) is 29.9 Å². The number of carbonyl (C=O) groups excluding carboxylic acids is 1. The molecule has 98 valence electrons. The Balaban J connectivity index is 2.66. The maximum Gasteiger partial charge on any atom is 0.227 e. The summed E-state index contributed by atoms with van der Waals surface area (Å²) in [6.45, 7) is 7.00. The zero-order chi connectivity index (χ0) is 12.7. The molecule has 2 N–H and O–H groups in total. The maximum absolute atomic E-state index is 12.4. The Morgan fingerprint density at radius 2 is 2.18 bits per heavy atom. The van der Waals surface area contributed by atoms with E-state index in [9.17, 15) is 4.79 Å². The van der Waals surface area contributed by atoms with Gasteiger partial charge in [-0.15, -0.1) is 6.58 Å². The Bertz CT molecular complexity index is 247. The van der Waals surface area contributed by atoms with Gasteiger partial charge in [-0.2, -0.15) is 0 Å². The lowest BCUT2D eigenvalue weighted by Gasteiger charge is -2.31. The fraction of sp³-hybridized carbons (Fsp3) is 0.786. The summed E-state index contributed by atoms with van der Waals surface area (Å²) >= 11 is 0. The van der Waals surface area contributed by atoms with Crippen molar-refractivity contribution in [3.8, 4) is 0 Å². The lowest BCUT2D eigenvalue weighted by Crippen LogP contribution is -2.44. The molecule has 0 bridgehead atoms. The van der Waals surface area contributed by atoms with E-state index in [0.29, 0.717) is 19.1 Å². The minimum Gasteiger partial charge on any atom is -0.336 e. The summed E-state index contributed by atoms with van der Waals surface area (Å²) in [6.07, 6.45) is 8.51. The molecule has 3 nitrogen and oxygen atoms in total. The van der Waals surface area contributed by atoms with Gasteiger partial charge >= 0.3 is 0 Å². The van der Waals surface area contributed by atoms with Gasteiger partial charge in [0.05, 0.1) is 5.92 Å². The van der Waals surface area contributed by atoms with Crippen molar-refractivity contribution in [2.24, 2.45) is 11.7 Å². The summed E-state index contributed by atoms with van der Waals surface area (Å²) in [5, 5.41) is 0. The van der Waals surface area contributed by atoms with E-state index >= 15 is 0 Å². The van der Waals surface area contributed by atoms with Crippen molar-refractivity contribution in [3.63, 3.8) is 0 Å². The third kappa shape index (κ3) is 3.84. The summed E-state index contributed by atoms with van der Waals surface area (Å²) in [5.41, 5.74) is 5.72. The highest BCUT2D eigenvalue weighted by atomic mass is 16.2. The van der Waals surface area contributed by atoms with E-state index in [2.05, 4.69) is 13.5 Å². The van der Waals surface area contributed by atoms with Crippen LogP contribution < -0.4 is 5.73 Å². The second-order valence-electron chi connectivity index (χ2n) is 4.94. The Kier molecular flexibility index (Phi) is 6.27. The number of nitrogens with zero attached hydrogens (tertiary/aromatic N) is 1. The van der Waals surface area contributed by atoms with Crippen LogP contribution in [0.15, 0.2) is 12.7 Å². The standard InChI is InChI=1S/C14H26N2O/c1-3-7-12(11-15)14(17)16(10-4-2)13-8-5-6-9-13/h4,12-13H,2-3,5-11,15H2,1H3. The predicted molar refractivity (Wildman–Crippen MR) is 71.6 cm³/mol. The van der Waals surface area contributed by atoms with Gasteiger partial charge in [-0.3, -0.25) is 4.79 Å². The average Bonchev–Trinajstić information content (AvgIpc) is 2.85. The summed E-state index contributed by atoms with van der Waals surface area (Å²) in [4.78, 5) is 14.4. The fourth-order valence-electron chi connectivity index (χ4n) is 2.70. The van der Waals surface area contributed by atoms with Gasteiger partial charge in [-0.05, 0) is 19.3 Å². The van der Waals surface area contributed by atoms with E-state index < -0.39 is 0 Å². The van der Waals surface area contributed by atoms with Crippen LogP contribution in [0.25, 0.3) is 0 Å². The Morgan fingerprint density at radius 3 is 2.65 bits per heavy atom. The zero-order valence-electron chi connectivity index (χ0n) is 11.0. The molecule has 1 amide bonds. The third-order valence-electron chi connectivity index (χ3n) is 3.65. The predicted octanol–water partition coefficient (Wildman–Crippen LogP) is 2.32. The van der Waals surface area contributed by atoms with Crippen molar-refractivity contribution >= 4 is 5.91 Å². The summed E-state index contributed by atoms with van der Waals surface area (Å²) in [6, 6.07) is 0.423. The summed E-state index contributed by atoms with van der Waals surface area (Å²) in [7, 11) is 0. The molecule has 0 radical (unpaired) electrons. The molecule has 1 rings (SSSR count). The third-order valence-corrected chi connectivity index (χ3v) is 3.65. The summed E-state index contributed by atoms with van der Waals surface area (Å²) in [5.74, 6) is 0.238. The van der Waals surface area contributed by atoms with Gasteiger partial charge in [0.15, 0.2) is 0 Å². The second-order valence-corrected chi connectivity index (χ2v) is 4.94. The topological polar surface area (TPSA) is 46.3 Å². The molecule has 0 aromatic heterocycles. The first-order valence-electron chi connectivity index (χ1n) is 6.86. The number of hydrogen-bond donors (Lipinski definition) is 1. The van der Waals surface area contributed by atoms with E-state index in [4.69, 9.17) is 5.73 Å². The van der Waals surface area contributed by atoms with Gasteiger partial charge in [0, 0.05) is 19.1 Å². The van der Waals surface area contributed by atoms with Gasteiger partial charge < -0.3 is 10.6 Å². The Labute approximate surface area is 105 Å². The largest absolute Gasteiger partial charge is 0.336 e. The van der Waals surface area contributed by atoms with Crippen molar-refractivity contribution in [1.29, 1.82) is 0 Å². The normalized spacial score (nSPS) is 18.0. The van der Waals surface area contributed by atoms with Crippen LogP contribution >= 0.6 is 0 Å². The highest BCUT2D eigenvalue weighted by Gasteiger charge is 2.29. The average molecular weight is 238 g/mol. The van der Waals surface area contributed by atoms with Crippen LogP contribution in [0.3, 0.4) is 0 Å². The SMILES string of the molecule is C=CCN(C(=O)C(CN)CCC)C1CCCC1. The lowest BCUT2D eigenvalue weighted by molar-refractivity contribution is -0.137. The molecular weight excluding hydrogens is 212 g/mol. The van der Waals surface area contributed by atoms with Crippen molar-refractivity contribution in [2.45, 2.75) is 51.5 Å². The fourth-order valence-corrected chi connectivity index (χ4v) is 2.70. The number of nitrogens with two attached hydrogens (primary N) is 1. The van der Waals surface area contributed by atoms with E-state index in [-0.39, 0.29) is 11.8 Å². The molecule has 1 atom stereocenters. The molecule has 0 aliphatic heterocycles. The molecular formula is C14H26N2O. The van der Waals surface area contributed by atoms with Gasteiger partial charge in [-0.1, -0.05) is 32.3 Å². The molecule has 1 saturated carbocycles. The molecule has 0 spiro atoms. The highest BCUT2D eigenvalue weighted by Crippen LogP contribution is 2.25. The minimum absolute atomic E-state index is 0.000509.